The van der Waals surface area contributed by atoms with Crippen molar-refractivity contribution in [2.75, 3.05) is 0 Å². The molecule has 0 amide bonds. The zero-order chi connectivity index (χ0) is 15.8. The lowest BCUT2D eigenvalue weighted by Crippen LogP contribution is -2.30. The van der Waals surface area contributed by atoms with E-state index in [9.17, 15) is 23.1 Å². The quantitative estimate of drug-likeness (QED) is 0.687. The van der Waals surface area contributed by atoms with Crippen LogP contribution in [0.25, 0.3) is 0 Å². The van der Waals surface area contributed by atoms with Gasteiger partial charge in [0.2, 0.25) is 5.79 Å². The van der Waals surface area contributed by atoms with Crippen molar-refractivity contribution >= 4 is 17.7 Å². The van der Waals surface area contributed by atoms with E-state index >= 15 is 0 Å². The number of rotatable bonds is 3. The van der Waals surface area contributed by atoms with Gasteiger partial charge in [0.25, 0.3) is 0 Å². The summed E-state index contributed by atoms with van der Waals surface area (Å²) < 4.78 is 44.1. The molecule has 0 saturated heterocycles. The normalized spacial score (nSPS) is 23.7. The molecule has 0 spiro atoms. The Kier molecular flexibility index (Phi) is 4.08. The van der Waals surface area contributed by atoms with Crippen molar-refractivity contribution in [3.05, 3.63) is 41.5 Å². The average Bonchev–Trinajstić information content (AvgIpc) is 2.60. The largest absolute Gasteiger partial charge is 0.426 e. The Morgan fingerprint density at radius 3 is 2.29 bits per heavy atom. The van der Waals surface area contributed by atoms with Crippen LogP contribution in [0.15, 0.2) is 40.8 Å². The van der Waals surface area contributed by atoms with Crippen molar-refractivity contribution in [2.24, 2.45) is 0 Å². The first kappa shape index (κ1) is 15.9. The lowest BCUT2D eigenvalue weighted by molar-refractivity contribution is -0.174. The number of hydrogen-bond donors (Lipinski definition) is 1. The van der Waals surface area contributed by atoms with Gasteiger partial charge in [-0.3, -0.25) is 0 Å². The third-order valence-electron chi connectivity index (χ3n) is 2.81. The highest BCUT2D eigenvalue weighted by Gasteiger charge is 2.49. The second-order valence-corrected chi connectivity index (χ2v) is 6.07. The first-order chi connectivity index (χ1) is 9.58. The summed E-state index contributed by atoms with van der Waals surface area (Å²) in [6.07, 6.45) is -3.82. The number of carbonyl (C=O) groups excluding carboxylic acids is 1. The van der Waals surface area contributed by atoms with Crippen LogP contribution in [0.1, 0.15) is 12.5 Å². The molecule has 1 aliphatic rings. The Labute approximate surface area is 123 Å². The molecule has 2 rings (SSSR count). The lowest BCUT2D eigenvalue weighted by atomic mass is 10.1. The van der Waals surface area contributed by atoms with Gasteiger partial charge in [-0.05, 0) is 25.1 Å². The Hall–Kier alpha value is -1.47. The van der Waals surface area contributed by atoms with Gasteiger partial charge in [-0.2, -0.15) is 13.2 Å². The molecule has 0 aliphatic carbocycles. The van der Waals surface area contributed by atoms with Crippen LogP contribution in [-0.4, -0.2) is 28.3 Å². The molecule has 114 valence electrons. The predicted octanol–water partition coefficient (Wildman–Crippen LogP) is 3.21. The number of benzene rings is 1. The second kappa shape index (κ2) is 5.38. The number of carbonyl (C=O) groups is 1. The molecule has 2 unspecified atom stereocenters. The number of ether oxygens (including phenoxy) is 1. The number of alkyl halides is 3. The summed E-state index contributed by atoms with van der Waals surface area (Å²) >= 11 is 0.501. The Morgan fingerprint density at radius 2 is 1.86 bits per heavy atom. The van der Waals surface area contributed by atoms with Crippen molar-refractivity contribution in [3.8, 4) is 0 Å². The monoisotopic (exact) mass is 318 g/mol. The van der Waals surface area contributed by atoms with E-state index in [0.717, 1.165) is 18.6 Å². The third-order valence-corrected chi connectivity index (χ3v) is 4.11. The zero-order valence-corrected chi connectivity index (χ0v) is 12.1. The maximum Gasteiger partial charge on any atom is 0.405 e. The summed E-state index contributed by atoms with van der Waals surface area (Å²) in [5.74, 6) is -3.15. The van der Waals surface area contributed by atoms with Gasteiger partial charge < -0.3 is 9.84 Å². The van der Waals surface area contributed by atoms with E-state index in [1.165, 1.54) is 0 Å². The zero-order valence-electron chi connectivity index (χ0n) is 11.3. The molecule has 1 aromatic rings. The molecule has 0 fully saturated rings. The Bertz CT molecular complexity index is 576. The van der Waals surface area contributed by atoms with E-state index in [4.69, 9.17) is 0 Å². The van der Waals surface area contributed by atoms with Crippen LogP contribution >= 0.6 is 11.8 Å². The molecule has 1 aliphatic heterocycles. The van der Waals surface area contributed by atoms with Gasteiger partial charge in [0.1, 0.15) is 5.25 Å². The average molecular weight is 318 g/mol. The molecule has 3 nitrogen and oxygen atoms in total. The Balaban J connectivity index is 2.32. The summed E-state index contributed by atoms with van der Waals surface area (Å²) in [5, 5.41) is 7.47. The molecule has 7 heteroatoms. The molecule has 0 bridgehead atoms. The van der Waals surface area contributed by atoms with E-state index in [-0.39, 0.29) is 0 Å². The minimum Gasteiger partial charge on any atom is -0.426 e. The summed E-state index contributed by atoms with van der Waals surface area (Å²) in [7, 11) is 0. The number of thioether (sulfide) groups is 1. The van der Waals surface area contributed by atoms with Gasteiger partial charge in [0.05, 0.1) is 5.57 Å². The number of hydrogen-bond acceptors (Lipinski definition) is 4. The van der Waals surface area contributed by atoms with Crippen molar-refractivity contribution < 1.29 is 27.8 Å². The van der Waals surface area contributed by atoms with E-state index in [1.54, 1.807) is 24.3 Å². The van der Waals surface area contributed by atoms with Crippen molar-refractivity contribution in [3.63, 3.8) is 0 Å². The number of esters is 1. The summed E-state index contributed by atoms with van der Waals surface area (Å²) in [6, 6.07) is 6.48. The van der Waals surface area contributed by atoms with E-state index in [1.807, 2.05) is 6.92 Å². The Morgan fingerprint density at radius 1 is 1.29 bits per heavy atom. The minimum atomic E-state index is -4.64. The van der Waals surface area contributed by atoms with Crippen LogP contribution in [0.4, 0.5) is 13.2 Å². The topological polar surface area (TPSA) is 46.5 Å². The molecule has 1 N–H and O–H groups in total. The molecule has 2 atom stereocenters. The van der Waals surface area contributed by atoms with Gasteiger partial charge in [-0.15, -0.1) is 11.8 Å². The van der Waals surface area contributed by atoms with Gasteiger partial charge in [0, 0.05) is 11.8 Å². The molecule has 0 aromatic heterocycles. The lowest BCUT2D eigenvalue weighted by Gasteiger charge is -2.19. The molecule has 1 heterocycles. The number of cyclic esters (lactones) is 1. The van der Waals surface area contributed by atoms with Crippen LogP contribution in [-0.2, 0) is 9.53 Å². The van der Waals surface area contributed by atoms with E-state index < -0.39 is 28.8 Å². The molecule has 0 radical (unpaired) electrons. The first-order valence-corrected chi connectivity index (χ1v) is 6.95. The highest BCUT2D eigenvalue weighted by atomic mass is 32.2. The summed E-state index contributed by atoms with van der Waals surface area (Å²) in [4.78, 5) is 11.9. The fourth-order valence-electron chi connectivity index (χ4n) is 1.87. The van der Waals surface area contributed by atoms with Crippen molar-refractivity contribution in [2.45, 2.75) is 36.0 Å². The smallest absolute Gasteiger partial charge is 0.405 e. The SMILES string of the molecule is Cc1ccc(SC(C2=CC(C)(O)OC2=O)C(F)(F)F)cc1. The van der Waals surface area contributed by atoms with Crippen LogP contribution in [0.2, 0.25) is 0 Å². The maximum absolute atomic E-state index is 13.2. The molecular formula is C14H13F3O3S. The van der Waals surface area contributed by atoms with Crippen molar-refractivity contribution in [1.82, 2.24) is 0 Å². The van der Waals surface area contributed by atoms with Crippen LogP contribution < -0.4 is 0 Å². The highest BCUT2D eigenvalue weighted by molar-refractivity contribution is 8.00. The third kappa shape index (κ3) is 3.79. The molecular weight excluding hydrogens is 305 g/mol. The molecule has 21 heavy (non-hydrogen) atoms. The highest BCUT2D eigenvalue weighted by Crippen LogP contribution is 2.42. The van der Waals surface area contributed by atoms with E-state index in [0.29, 0.717) is 16.7 Å². The molecule has 0 saturated carbocycles. The van der Waals surface area contributed by atoms with Gasteiger partial charge in [0.15, 0.2) is 0 Å². The van der Waals surface area contributed by atoms with Gasteiger partial charge in [-0.25, -0.2) is 4.79 Å². The molecule has 1 aromatic carbocycles. The van der Waals surface area contributed by atoms with Crippen molar-refractivity contribution in [1.29, 1.82) is 0 Å². The fourth-order valence-corrected chi connectivity index (χ4v) is 2.86. The first-order valence-electron chi connectivity index (χ1n) is 6.07. The standard InChI is InChI=1S/C14H13F3O3S/c1-8-3-5-9(6-4-8)21-11(14(15,16)17)10-7-13(2,19)20-12(10)18/h3-7,11,19H,1-2H3. The summed E-state index contributed by atoms with van der Waals surface area (Å²) in [5.41, 5.74) is 0.336. The number of aliphatic hydroxyl groups is 1. The van der Waals surface area contributed by atoms with Gasteiger partial charge >= 0.3 is 12.1 Å². The van der Waals surface area contributed by atoms with Crippen LogP contribution in [0, 0.1) is 6.92 Å². The van der Waals surface area contributed by atoms with E-state index in [2.05, 4.69) is 4.74 Å². The second-order valence-electron chi connectivity index (χ2n) is 4.90. The summed E-state index contributed by atoms with van der Waals surface area (Å²) in [6.45, 7) is 2.94. The number of aryl methyl sites for hydroxylation is 1. The van der Waals surface area contributed by atoms with Crippen LogP contribution in [0.5, 0.6) is 0 Å². The number of halogens is 3. The van der Waals surface area contributed by atoms with Crippen LogP contribution in [0.3, 0.4) is 0 Å². The fraction of sp³-hybridized carbons (Fsp3) is 0.357. The van der Waals surface area contributed by atoms with Gasteiger partial charge in [-0.1, -0.05) is 17.7 Å². The predicted molar refractivity (Wildman–Crippen MR) is 71.7 cm³/mol. The minimum absolute atomic E-state index is 0.378. The maximum atomic E-state index is 13.2.